The predicted molar refractivity (Wildman–Crippen MR) is 159 cm³/mol. The van der Waals surface area contributed by atoms with E-state index in [4.69, 9.17) is 4.74 Å². The molecule has 1 aromatic heterocycles. The highest BCUT2D eigenvalue weighted by Gasteiger charge is 2.29. The lowest BCUT2D eigenvalue weighted by Crippen LogP contribution is -2.47. The summed E-state index contributed by atoms with van der Waals surface area (Å²) in [7, 11) is 1.60. The maximum Gasteiger partial charge on any atom is 0.271 e. The molecule has 0 fully saturated rings. The van der Waals surface area contributed by atoms with Gasteiger partial charge in [-0.3, -0.25) is 14.6 Å². The van der Waals surface area contributed by atoms with Crippen molar-refractivity contribution >= 4 is 22.8 Å². The lowest BCUT2D eigenvalue weighted by Gasteiger charge is -2.28. The molecule has 0 radical (unpaired) electrons. The van der Waals surface area contributed by atoms with Crippen LogP contribution < -0.4 is 15.4 Å². The van der Waals surface area contributed by atoms with Crippen LogP contribution in [0.3, 0.4) is 0 Å². The molecule has 3 atom stereocenters. The number of aliphatic hydroxyl groups excluding tert-OH is 1. The molecule has 0 aliphatic carbocycles. The number of benzene rings is 3. The van der Waals surface area contributed by atoms with E-state index in [0.29, 0.717) is 30.5 Å². The third-order valence-corrected chi connectivity index (χ3v) is 6.99. The summed E-state index contributed by atoms with van der Waals surface area (Å²) in [5.74, 6) is 0.0536. The highest BCUT2D eigenvalue weighted by molar-refractivity contribution is 5.94. The molecule has 3 aromatic carbocycles. The number of rotatable bonds is 13. The molecular formula is C33H38N4O4. The summed E-state index contributed by atoms with van der Waals surface area (Å²) in [6, 6.07) is 24.2. The Morgan fingerprint density at radius 3 is 2.24 bits per heavy atom. The number of hydrogen-bond acceptors (Lipinski definition) is 6. The minimum Gasteiger partial charge on any atom is -0.489 e. The summed E-state index contributed by atoms with van der Waals surface area (Å²) in [6.45, 7) is 4.55. The molecule has 4 rings (SSSR count). The fourth-order valence-corrected chi connectivity index (χ4v) is 4.85. The quantitative estimate of drug-likeness (QED) is 0.221. The molecule has 0 bridgehead atoms. The van der Waals surface area contributed by atoms with E-state index in [0.717, 1.165) is 16.9 Å². The zero-order chi connectivity index (χ0) is 29.2. The molecule has 1 heterocycles. The van der Waals surface area contributed by atoms with Crippen molar-refractivity contribution in [1.29, 1.82) is 0 Å². The minimum atomic E-state index is -0.970. The number of nitrogens with one attached hydrogen (secondary N) is 2. The van der Waals surface area contributed by atoms with Crippen LogP contribution in [0, 0.1) is 11.8 Å². The maximum absolute atomic E-state index is 13.3. The Hall–Kier alpha value is -4.30. The highest BCUT2D eigenvalue weighted by Crippen LogP contribution is 2.22. The molecule has 214 valence electrons. The third kappa shape index (κ3) is 8.59. The van der Waals surface area contributed by atoms with Crippen LogP contribution in [0.15, 0.2) is 85.1 Å². The van der Waals surface area contributed by atoms with Crippen molar-refractivity contribution in [1.82, 2.24) is 20.6 Å². The first-order valence-electron chi connectivity index (χ1n) is 14.0. The molecule has 0 aliphatic heterocycles. The fourth-order valence-electron chi connectivity index (χ4n) is 4.85. The third-order valence-electron chi connectivity index (χ3n) is 6.99. The number of amides is 2. The van der Waals surface area contributed by atoms with Crippen molar-refractivity contribution in [2.24, 2.45) is 11.8 Å². The van der Waals surface area contributed by atoms with Crippen molar-refractivity contribution in [2.75, 3.05) is 7.05 Å². The van der Waals surface area contributed by atoms with Gasteiger partial charge in [0, 0.05) is 13.0 Å². The average molecular weight is 555 g/mol. The molecule has 8 heteroatoms. The monoisotopic (exact) mass is 554 g/mol. The summed E-state index contributed by atoms with van der Waals surface area (Å²) in [5.41, 5.74) is 3.45. The Bertz CT molecular complexity index is 1430. The van der Waals surface area contributed by atoms with Gasteiger partial charge in [0.15, 0.2) is 0 Å². The van der Waals surface area contributed by atoms with Crippen molar-refractivity contribution in [3.8, 4) is 5.75 Å². The van der Waals surface area contributed by atoms with Gasteiger partial charge in [-0.1, -0.05) is 68.4 Å². The number of aromatic nitrogens is 2. The first-order chi connectivity index (χ1) is 19.8. The van der Waals surface area contributed by atoms with E-state index in [1.165, 1.54) is 6.20 Å². The normalized spacial score (nSPS) is 13.4. The standard InChI is InChI=1S/C33H38N4O4/c1-22(2)17-25(32(39)34-3)19-31(38)29(37-33(40)30-20-35-27-11-7-8-12-28(27)36-30)18-23-13-15-26(16-14-23)41-21-24-9-5-4-6-10-24/h4-16,20,22,25,29,31,38H,17-19,21H2,1-3H3,(H,34,39)(H,37,40)/t25-,29+,31+/m1/s1. The van der Waals surface area contributed by atoms with E-state index >= 15 is 0 Å². The van der Waals surface area contributed by atoms with Crippen LogP contribution in [0.2, 0.25) is 0 Å². The van der Waals surface area contributed by atoms with Crippen LogP contribution in [0.5, 0.6) is 5.75 Å². The molecule has 4 aromatic rings. The molecule has 41 heavy (non-hydrogen) atoms. The fraction of sp³-hybridized carbons (Fsp3) is 0.333. The number of carbonyl (C=O) groups excluding carboxylic acids is 2. The van der Waals surface area contributed by atoms with Gasteiger partial charge in [0.1, 0.15) is 18.1 Å². The van der Waals surface area contributed by atoms with Crippen LogP contribution in [0.4, 0.5) is 0 Å². The largest absolute Gasteiger partial charge is 0.489 e. The predicted octanol–water partition coefficient (Wildman–Crippen LogP) is 4.71. The van der Waals surface area contributed by atoms with Gasteiger partial charge in [-0.2, -0.15) is 0 Å². The van der Waals surface area contributed by atoms with Gasteiger partial charge in [-0.25, -0.2) is 4.98 Å². The molecule has 0 saturated heterocycles. The Morgan fingerprint density at radius 1 is 0.878 bits per heavy atom. The number of ether oxygens (including phenoxy) is 1. The molecule has 0 spiro atoms. The van der Waals surface area contributed by atoms with Crippen molar-refractivity contribution < 1.29 is 19.4 Å². The van der Waals surface area contributed by atoms with Gasteiger partial charge in [-0.05, 0) is 60.6 Å². The minimum absolute atomic E-state index is 0.122. The molecule has 0 saturated carbocycles. The second-order valence-corrected chi connectivity index (χ2v) is 10.7. The lowest BCUT2D eigenvalue weighted by molar-refractivity contribution is -0.126. The molecule has 0 aliphatic rings. The first-order valence-corrected chi connectivity index (χ1v) is 14.0. The molecule has 8 nitrogen and oxygen atoms in total. The van der Waals surface area contributed by atoms with Gasteiger partial charge >= 0.3 is 0 Å². The first kappa shape index (κ1) is 29.7. The van der Waals surface area contributed by atoms with Gasteiger partial charge < -0.3 is 20.5 Å². The molecular weight excluding hydrogens is 516 g/mol. The lowest BCUT2D eigenvalue weighted by atomic mass is 9.87. The van der Waals surface area contributed by atoms with Crippen LogP contribution in [-0.2, 0) is 17.8 Å². The summed E-state index contributed by atoms with van der Waals surface area (Å²) in [6.07, 6.45) is 1.66. The van der Waals surface area contributed by atoms with Gasteiger partial charge in [-0.15, -0.1) is 0 Å². The topological polar surface area (TPSA) is 113 Å². The van der Waals surface area contributed by atoms with Crippen LogP contribution in [0.1, 0.15) is 48.3 Å². The number of carbonyl (C=O) groups is 2. The number of fused-ring (bicyclic) bond motifs is 1. The SMILES string of the molecule is CNC(=O)[C@H](CC(C)C)C[C@H](O)[C@H](Cc1ccc(OCc2ccccc2)cc1)NC(=O)c1cnc2ccccc2n1. The maximum atomic E-state index is 13.3. The summed E-state index contributed by atoms with van der Waals surface area (Å²) in [4.78, 5) is 34.7. The van der Waals surface area contributed by atoms with Gasteiger partial charge in [0.05, 0.1) is 29.4 Å². The number of aliphatic hydroxyl groups is 1. The van der Waals surface area contributed by atoms with Crippen LogP contribution >= 0.6 is 0 Å². The van der Waals surface area contributed by atoms with Gasteiger partial charge in [0.25, 0.3) is 5.91 Å². The zero-order valence-electron chi connectivity index (χ0n) is 23.8. The van der Waals surface area contributed by atoms with E-state index in [-0.39, 0.29) is 29.9 Å². The van der Waals surface area contributed by atoms with Crippen LogP contribution in [-0.4, -0.2) is 46.1 Å². The van der Waals surface area contributed by atoms with E-state index < -0.39 is 18.1 Å². The Balaban J connectivity index is 1.50. The summed E-state index contributed by atoms with van der Waals surface area (Å²) >= 11 is 0. The molecule has 2 amide bonds. The number of nitrogens with zero attached hydrogens (tertiary/aromatic N) is 2. The Kier molecular flexibility index (Phi) is 10.4. The average Bonchev–Trinajstić information content (AvgIpc) is 2.99. The van der Waals surface area contributed by atoms with Crippen LogP contribution in [0.25, 0.3) is 11.0 Å². The molecule has 3 N–H and O–H groups in total. The van der Waals surface area contributed by atoms with Crippen molar-refractivity contribution in [3.63, 3.8) is 0 Å². The number of para-hydroxylation sites is 2. The smallest absolute Gasteiger partial charge is 0.271 e. The van der Waals surface area contributed by atoms with Crippen molar-refractivity contribution in [2.45, 2.75) is 51.9 Å². The summed E-state index contributed by atoms with van der Waals surface area (Å²) in [5, 5.41) is 17.1. The number of hydrogen-bond donors (Lipinski definition) is 3. The second kappa shape index (κ2) is 14.4. The second-order valence-electron chi connectivity index (χ2n) is 10.7. The molecule has 0 unspecified atom stereocenters. The van der Waals surface area contributed by atoms with E-state index in [9.17, 15) is 14.7 Å². The van der Waals surface area contributed by atoms with E-state index in [1.54, 1.807) is 13.1 Å². The van der Waals surface area contributed by atoms with E-state index in [1.807, 2.05) is 86.6 Å². The Morgan fingerprint density at radius 2 is 1.56 bits per heavy atom. The van der Waals surface area contributed by atoms with E-state index in [2.05, 4.69) is 20.6 Å². The summed E-state index contributed by atoms with van der Waals surface area (Å²) < 4.78 is 5.91. The highest BCUT2D eigenvalue weighted by atomic mass is 16.5. The Labute approximate surface area is 241 Å². The van der Waals surface area contributed by atoms with Gasteiger partial charge in [0.2, 0.25) is 5.91 Å². The zero-order valence-corrected chi connectivity index (χ0v) is 23.8. The van der Waals surface area contributed by atoms with Crippen molar-refractivity contribution in [3.05, 3.63) is 102 Å².